The van der Waals surface area contributed by atoms with Gasteiger partial charge in [-0.1, -0.05) is 47.1 Å². The predicted molar refractivity (Wildman–Crippen MR) is 88.4 cm³/mol. The van der Waals surface area contributed by atoms with Gasteiger partial charge in [0.2, 0.25) is 0 Å². The van der Waals surface area contributed by atoms with Crippen LogP contribution in [-0.4, -0.2) is 13.2 Å². The van der Waals surface area contributed by atoms with Gasteiger partial charge in [-0.2, -0.15) is 0 Å². The van der Waals surface area contributed by atoms with Crippen LogP contribution in [0.4, 0.5) is 0 Å². The molecule has 0 amide bonds. The van der Waals surface area contributed by atoms with Gasteiger partial charge in [0.1, 0.15) is 0 Å². The lowest BCUT2D eigenvalue weighted by atomic mass is 10.0. The fourth-order valence-corrected chi connectivity index (χ4v) is 3.26. The Balaban J connectivity index is 1.92. The van der Waals surface area contributed by atoms with Gasteiger partial charge in [0, 0.05) is 10.4 Å². The summed E-state index contributed by atoms with van der Waals surface area (Å²) in [7, 11) is 0. The molecule has 2 aromatic carbocycles. The summed E-state index contributed by atoms with van der Waals surface area (Å²) >= 11 is 10.2. The summed E-state index contributed by atoms with van der Waals surface area (Å²) in [4.78, 5) is 0. The highest BCUT2D eigenvalue weighted by Gasteiger charge is 2.19. The fraction of sp³-hybridized carbons (Fsp3) is 0.294. The lowest BCUT2D eigenvalue weighted by molar-refractivity contribution is 0.228. The maximum Gasteiger partial charge on any atom is 0.161 e. The van der Waals surface area contributed by atoms with Crippen molar-refractivity contribution < 1.29 is 9.47 Å². The van der Waals surface area contributed by atoms with E-state index in [1.165, 1.54) is 0 Å². The van der Waals surface area contributed by atoms with Crippen molar-refractivity contribution in [1.82, 2.24) is 0 Å². The highest BCUT2D eigenvalue weighted by Crippen LogP contribution is 2.38. The fourth-order valence-electron chi connectivity index (χ4n) is 2.29. The zero-order valence-electron chi connectivity index (χ0n) is 11.7. The average Bonchev–Trinajstić information content (AvgIpc) is 2.69. The van der Waals surface area contributed by atoms with Gasteiger partial charge >= 0.3 is 0 Å². The van der Waals surface area contributed by atoms with E-state index in [-0.39, 0.29) is 5.38 Å². The van der Waals surface area contributed by atoms with Gasteiger partial charge in [-0.3, -0.25) is 0 Å². The number of fused-ring (bicyclic) bond motifs is 1. The van der Waals surface area contributed by atoms with Crippen molar-refractivity contribution in [3.05, 3.63) is 58.1 Å². The second-order valence-corrected chi connectivity index (χ2v) is 6.61. The second kappa shape index (κ2) is 6.29. The minimum Gasteiger partial charge on any atom is -0.489 e. The van der Waals surface area contributed by atoms with Gasteiger partial charge in [-0.25, -0.2) is 0 Å². The summed E-state index contributed by atoms with van der Waals surface area (Å²) in [5.74, 6) is 1.95. The van der Waals surface area contributed by atoms with Crippen LogP contribution in [0.2, 0.25) is 0 Å². The van der Waals surface area contributed by atoms with Crippen LogP contribution in [0, 0.1) is 5.92 Å². The molecule has 110 valence electrons. The molecule has 0 aromatic heterocycles. The molecule has 0 aliphatic carbocycles. The first-order valence-corrected chi connectivity index (χ1v) is 8.16. The zero-order valence-corrected chi connectivity index (χ0v) is 14.0. The number of hydrogen-bond donors (Lipinski definition) is 0. The summed E-state index contributed by atoms with van der Waals surface area (Å²) in [6.45, 7) is 3.46. The van der Waals surface area contributed by atoms with E-state index in [1.54, 1.807) is 0 Å². The molecule has 0 fully saturated rings. The van der Waals surface area contributed by atoms with Gasteiger partial charge in [0.15, 0.2) is 11.5 Å². The smallest absolute Gasteiger partial charge is 0.161 e. The molecule has 1 aliphatic heterocycles. The van der Waals surface area contributed by atoms with Crippen molar-refractivity contribution >= 4 is 27.5 Å². The van der Waals surface area contributed by atoms with Crippen molar-refractivity contribution in [2.45, 2.75) is 12.3 Å². The van der Waals surface area contributed by atoms with Gasteiger partial charge in [0.25, 0.3) is 0 Å². The second-order valence-electron chi connectivity index (χ2n) is 5.32. The van der Waals surface area contributed by atoms with E-state index in [9.17, 15) is 0 Å². The number of hydrogen-bond acceptors (Lipinski definition) is 2. The molecule has 0 radical (unpaired) electrons. The monoisotopic (exact) mass is 366 g/mol. The third kappa shape index (κ3) is 3.19. The van der Waals surface area contributed by atoms with Crippen LogP contribution in [0.15, 0.2) is 46.9 Å². The highest BCUT2D eigenvalue weighted by atomic mass is 79.9. The van der Waals surface area contributed by atoms with Crippen LogP contribution in [0.1, 0.15) is 23.4 Å². The van der Waals surface area contributed by atoms with Gasteiger partial charge in [-0.05, 0) is 29.3 Å². The van der Waals surface area contributed by atoms with Crippen LogP contribution in [0.25, 0.3) is 0 Å². The molecule has 2 atom stereocenters. The summed E-state index contributed by atoms with van der Waals surface area (Å²) in [6.07, 6.45) is 0. The molecule has 21 heavy (non-hydrogen) atoms. The summed E-state index contributed by atoms with van der Waals surface area (Å²) in [6, 6.07) is 13.9. The number of rotatable bonds is 2. The normalized spacial score (nSPS) is 18.9. The van der Waals surface area contributed by atoms with Crippen LogP contribution in [0.3, 0.4) is 0 Å². The maximum atomic E-state index is 6.62. The van der Waals surface area contributed by atoms with E-state index in [0.717, 1.165) is 27.1 Å². The Labute approximate surface area is 138 Å². The van der Waals surface area contributed by atoms with E-state index in [0.29, 0.717) is 19.1 Å². The van der Waals surface area contributed by atoms with Crippen LogP contribution >= 0.6 is 27.5 Å². The van der Waals surface area contributed by atoms with Crippen molar-refractivity contribution in [2.24, 2.45) is 5.92 Å². The Morgan fingerprint density at radius 2 is 1.81 bits per heavy atom. The average molecular weight is 368 g/mol. The van der Waals surface area contributed by atoms with Crippen LogP contribution < -0.4 is 9.47 Å². The van der Waals surface area contributed by atoms with Crippen molar-refractivity contribution in [3.8, 4) is 11.5 Å². The topological polar surface area (TPSA) is 18.5 Å². The first kappa shape index (κ1) is 14.7. The minimum absolute atomic E-state index is 0.227. The number of alkyl halides is 1. The number of ether oxygens (including phenoxy) is 2. The van der Waals surface area contributed by atoms with Crippen molar-refractivity contribution in [1.29, 1.82) is 0 Å². The van der Waals surface area contributed by atoms with Crippen LogP contribution in [-0.2, 0) is 0 Å². The molecule has 1 aliphatic rings. The first-order valence-electron chi connectivity index (χ1n) is 6.93. The molecule has 0 saturated carbocycles. The predicted octanol–water partition coefficient (Wildman–Crippen LogP) is 5.18. The van der Waals surface area contributed by atoms with Crippen LogP contribution in [0.5, 0.6) is 11.5 Å². The first-order chi connectivity index (χ1) is 10.1. The molecule has 4 heteroatoms. The molecule has 3 rings (SSSR count). The summed E-state index contributed by atoms with van der Waals surface area (Å²) < 4.78 is 12.6. The standard InChI is InChI=1S/C17H16BrClO2/c1-11-9-20-15-7-6-12(8-16(15)21-10-11)17(19)13-4-2-3-5-14(13)18/h2-8,11,17H,9-10H2,1H3. The largest absolute Gasteiger partial charge is 0.489 e. The summed E-state index contributed by atoms with van der Waals surface area (Å²) in [5.41, 5.74) is 2.04. The molecular formula is C17H16BrClO2. The Bertz CT molecular complexity index is 644. The lowest BCUT2D eigenvalue weighted by Crippen LogP contribution is -2.12. The molecule has 2 nitrogen and oxygen atoms in total. The quantitative estimate of drug-likeness (QED) is 0.681. The Hall–Kier alpha value is -1.19. The third-order valence-corrected chi connectivity index (χ3v) is 4.69. The Morgan fingerprint density at radius 3 is 2.57 bits per heavy atom. The molecule has 0 bridgehead atoms. The zero-order chi connectivity index (χ0) is 14.8. The molecule has 0 spiro atoms. The SMILES string of the molecule is CC1COc2ccc(C(Cl)c3ccccc3Br)cc2OC1. The summed E-state index contributed by atoms with van der Waals surface area (Å²) in [5, 5.41) is -0.227. The van der Waals surface area contributed by atoms with Gasteiger partial charge in [0.05, 0.1) is 18.6 Å². The van der Waals surface area contributed by atoms with Crippen molar-refractivity contribution in [2.75, 3.05) is 13.2 Å². The molecule has 0 N–H and O–H groups in total. The highest BCUT2D eigenvalue weighted by molar-refractivity contribution is 9.10. The maximum absolute atomic E-state index is 6.62. The Kier molecular flexibility index (Phi) is 4.41. The number of halogens is 2. The van der Waals surface area contributed by atoms with Gasteiger partial charge < -0.3 is 9.47 Å². The van der Waals surface area contributed by atoms with E-state index in [1.807, 2.05) is 42.5 Å². The molecular weight excluding hydrogens is 352 g/mol. The number of benzene rings is 2. The molecule has 1 heterocycles. The lowest BCUT2D eigenvalue weighted by Gasteiger charge is -2.15. The van der Waals surface area contributed by atoms with E-state index < -0.39 is 0 Å². The molecule has 0 saturated heterocycles. The van der Waals surface area contributed by atoms with E-state index >= 15 is 0 Å². The van der Waals surface area contributed by atoms with Gasteiger partial charge in [-0.15, -0.1) is 11.6 Å². The Morgan fingerprint density at radius 1 is 1.10 bits per heavy atom. The van der Waals surface area contributed by atoms with E-state index in [2.05, 4.69) is 22.9 Å². The van der Waals surface area contributed by atoms with E-state index in [4.69, 9.17) is 21.1 Å². The third-order valence-electron chi connectivity index (χ3n) is 3.49. The minimum atomic E-state index is -0.227. The molecule has 2 unspecified atom stereocenters. The molecule has 2 aromatic rings. The van der Waals surface area contributed by atoms with Crippen molar-refractivity contribution in [3.63, 3.8) is 0 Å².